The molecule has 0 unspecified atom stereocenters. The van der Waals surface area contributed by atoms with E-state index in [2.05, 4.69) is 30.3 Å². The van der Waals surface area contributed by atoms with Crippen molar-refractivity contribution in [3.05, 3.63) is 82.3 Å². The van der Waals surface area contributed by atoms with Crippen molar-refractivity contribution in [1.29, 1.82) is 10.7 Å². The highest BCUT2D eigenvalue weighted by atomic mass is 16.1. The first-order valence-corrected chi connectivity index (χ1v) is 10.4. The maximum Gasteiger partial charge on any atom is 0.255 e. The number of likely N-dealkylation sites (N-methyl/N-ethyl adjacent to an activating group) is 1. The Balaban J connectivity index is 1.79. The molecule has 0 radical (unpaired) electrons. The zero-order valence-corrected chi connectivity index (χ0v) is 17.9. The predicted octanol–water partition coefficient (Wildman–Crippen LogP) is 4.13. The van der Waals surface area contributed by atoms with Gasteiger partial charge >= 0.3 is 0 Å². The third kappa shape index (κ3) is 5.47. The molecule has 0 spiro atoms. The van der Waals surface area contributed by atoms with Crippen LogP contribution in [0.4, 0.5) is 5.69 Å². The highest BCUT2D eigenvalue weighted by Gasteiger charge is 2.07. The van der Waals surface area contributed by atoms with Gasteiger partial charge in [-0.05, 0) is 67.5 Å². The molecule has 0 aliphatic rings. The van der Waals surface area contributed by atoms with Crippen LogP contribution in [0.15, 0.2) is 65.6 Å². The van der Waals surface area contributed by atoms with E-state index in [4.69, 9.17) is 10.7 Å². The molecule has 1 aromatic heterocycles. The SMILES string of the molecule is CCCN(C)CCNc1ccc(-n2ccc(-c3ccc(C#N)cc3)cc2=O)cc1C=N. The zero-order chi connectivity index (χ0) is 22.2. The van der Waals surface area contributed by atoms with Gasteiger partial charge in [-0.15, -0.1) is 0 Å². The number of hydrogen-bond acceptors (Lipinski definition) is 5. The fraction of sp³-hybridized carbons (Fsp3) is 0.240. The Morgan fingerprint density at radius 2 is 1.87 bits per heavy atom. The van der Waals surface area contributed by atoms with Crippen LogP contribution in [0.25, 0.3) is 16.8 Å². The molecule has 31 heavy (non-hydrogen) atoms. The van der Waals surface area contributed by atoms with Gasteiger partial charge in [-0.1, -0.05) is 19.1 Å². The molecule has 0 saturated carbocycles. The van der Waals surface area contributed by atoms with Crippen LogP contribution >= 0.6 is 0 Å². The van der Waals surface area contributed by atoms with Crippen molar-refractivity contribution < 1.29 is 0 Å². The summed E-state index contributed by atoms with van der Waals surface area (Å²) < 4.78 is 1.57. The Morgan fingerprint density at radius 3 is 2.52 bits per heavy atom. The van der Waals surface area contributed by atoms with Crippen LogP contribution in [-0.4, -0.2) is 42.4 Å². The minimum Gasteiger partial charge on any atom is -0.383 e. The van der Waals surface area contributed by atoms with Gasteiger partial charge in [0.2, 0.25) is 0 Å². The first-order chi connectivity index (χ1) is 15.0. The number of pyridine rings is 1. The van der Waals surface area contributed by atoms with Crippen molar-refractivity contribution in [1.82, 2.24) is 9.47 Å². The average Bonchev–Trinajstić information content (AvgIpc) is 2.79. The molecule has 0 amide bonds. The molecule has 6 heteroatoms. The van der Waals surface area contributed by atoms with Gasteiger partial charge in [-0.2, -0.15) is 5.26 Å². The summed E-state index contributed by atoms with van der Waals surface area (Å²) in [5.74, 6) is 0. The lowest BCUT2D eigenvalue weighted by molar-refractivity contribution is 0.348. The van der Waals surface area contributed by atoms with E-state index in [1.807, 2.05) is 36.4 Å². The molecular weight excluding hydrogens is 386 g/mol. The lowest BCUT2D eigenvalue weighted by Crippen LogP contribution is -2.26. The van der Waals surface area contributed by atoms with Gasteiger partial charge in [0.25, 0.3) is 5.56 Å². The van der Waals surface area contributed by atoms with Crippen molar-refractivity contribution in [2.75, 3.05) is 32.0 Å². The summed E-state index contributed by atoms with van der Waals surface area (Å²) in [7, 11) is 2.10. The van der Waals surface area contributed by atoms with Gasteiger partial charge in [-0.25, -0.2) is 0 Å². The Morgan fingerprint density at radius 1 is 1.10 bits per heavy atom. The van der Waals surface area contributed by atoms with E-state index in [0.29, 0.717) is 11.3 Å². The van der Waals surface area contributed by atoms with Crippen LogP contribution in [0.3, 0.4) is 0 Å². The van der Waals surface area contributed by atoms with Crippen LogP contribution in [0, 0.1) is 16.7 Å². The smallest absolute Gasteiger partial charge is 0.255 e. The monoisotopic (exact) mass is 413 g/mol. The topological polar surface area (TPSA) is 84.9 Å². The van der Waals surface area contributed by atoms with E-state index in [-0.39, 0.29) is 5.56 Å². The van der Waals surface area contributed by atoms with Crippen LogP contribution in [0.2, 0.25) is 0 Å². The molecule has 6 nitrogen and oxygen atoms in total. The minimum atomic E-state index is -0.153. The van der Waals surface area contributed by atoms with E-state index in [1.165, 1.54) is 6.21 Å². The molecule has 158 valence electrons. The van der Waals surface area contributed by atoms with E-state index in [9.17, 15) is 4.79 Å². The molecule has 2 N–H and O–H groups in total. The van der Waals surface area contributed by atoms with Gasteiger partial charge in [-0.3, -0.25) is 9.36 Å². The maximum atomic E-state index is 12.8. The number of aromatic nitrogens is 1. The van der Waals surface area contributed by atoms with Crippen LogP contribution in [0.1, 0.15) is 24.5 Å². The van der Waals surface area contributed by atoms with Crippen molar-refractivity contribution in [3.8, 4) is 22.9 Å². The Kier molecular flexibility index (Phi) is 7.36. The molecule has 0 fully saturated rings. The fourth-order valence-electron chi connectivity index (χ4n) is 3.46. The number of rotatable bonds is 9. The zero-order valence-electron chi connectivity index (χ0n) is 17.9. The number of nitrogens with one attached hydrogen (secondary N) is 2. The summed E-state index contributed by atoms with van der Waals surface area (Å²) in [6.45, 7) is 4.92. The predicted molar refractivity (Wildman–Crippen MR) is 126 cm³/mol. The first kappa shape index (κ1) is 22.0. The second kappa shape index (κ2) is 10.4. The standard InChI is InChI=1S/C25H27N5O/c1-3-12-29(2)14-11-28-24-9-8-23(15-22(24)18-27)30-13-10-21(16-25(30)31)20-6-4-19(17-26)5-7-20/h4-10,13,15-16,18,27-28H,3,11-12,14H2,1-2H3. The largest absolute Gasteiger partial charge is 0.383 e. The summed E-state index contributed by atoms with van der Waals surface area (Å²) in [4.78, 5) is 15.0. The van der Waals surface area contributed by atoms with Crippen LogP contribution < -0.4 is 10.9 Å². The van der Waals surface area contributed by atoms with Gasteiger partial charge < -0.3 is 15.6 Å². The Bertz CT molecular complexity index is 1140. The van der Waals surface area contributed by atoms with Crippen LogP contribution in [-0.2, 0) is 0 Å². The van der Waals surface area contributed by atoms with Gasteiger partial charge in [0.15, 0.2) is 0 Å². The number of benzene rings is 2. The summed E-state index contributed by atoms with van der Waals surface area (Å²) in [5, 5.41) is 20.1. The minimum absolute atomic E-state index is 0.153. The summed E-state index contributed by atoms with van der Waals surface area (Å²) in [6, 6.07) is 18.3. The molecule has 0 atom stereocenters. The molecule has 1 heterocycles. The highest BCUT2D eigenvalue weighted by molar-refractivity contribution is 5.86. The first-order valence-electron chi connectivity index (χ1n) is 10.4. The Hall–Kier alpha value is -3.69. The maximum absolute atomic E-state index is 12.8. The lowest BCUT2D eigenvalue weighted by atomic mass is 10.1. The highest BCUT2D eigenvalue weighted by Crippen LogP contribution is 2.21. The van der Waals surface area contributed by atoms with Crippen molar-refractivity contribution in [3.63, 3.8) is 0 Å². The lowest BCUT2D eigenvalue weighted by Gasteiger charge is -2.17. The normalized spacial score (nSPS) is 10.6. The van der Waals surface area contributed by atoms with E-state index in [0.717, 1.165) is 48.4 Å². The molecule has 3 aromatic rings. The number of hydrogen-bond donors (Lipinski definition) is 2. The van der Waals surface area contributed by atoms with Gasteiger partial charge in [0.1, 0.15) is 0 Å². The number of nitrogens with zero attached hydrogens (tertiary/aromatic N) is 3. The van der Waals surface area contributed by atoms with E-state index >= 15 is 0 Å². The molecule has 0 aliphatic carbocycles. The third-order valence-electron chi connectivity index (χ3n) is 5.15. The Labute approximate surface area is 182 Å². The molecule has 0 saturated heterocycles. The molecule has 3 rings (SSSR count). The summed E-state index contributed by atoms with van der Waals surface area (Å²) in [5.41, 5.74) is 4.44. The molecule has 2 aromatic carbocycles. The average molecular weight is 414 g/mol. The molecule has 0 aliphatic heterocycles. The van der Waals surface area contributed by atoms with Gasteiger partial charge in [0, 0.05) is 48.5 Å². The quantitative estimate of drug-likeness (QED) is 0.517. The van der Waals surface area contributed by atoms with Gasteiger partial charge in [0.05, 0.1) is 11.6 Å². The second-order valence-corrected chi connectivity index (χ2v) is 7.46. The summed E-state index contributed by atoms with van der Waals surface area (Å²) >= 11 is 0. The fourth-order valence-corrected chi connectivity index (χ4v) is 3.46. The summed E-state index contributed by atoms with van der Waals surface area (Å²) in [6.07, 6.45) is 4.17. The van der Waals surface area contributed by atoms with Crippen molar-refractivity contribution in [2.24, 2.45) is 0 Å². The second-order valence-electron chi connectivity index (χ2n) is 7.46. The van der Waals surface area contributed by atoms with E-state index in [1.54, 1.807) is 29.0 Å². The van der Waals surface area contributed by atoms with E-state index < -0.39 is 0 Å². The molecule has 0 bridgehead atoms. The third-order valence-corrected chi connectivity index (χ3v) is 5.15. The molecular formula is C25H27N5O. The van der Waals surface area contributed by atoms with Crippen LogP contribution in [0.5, 0.6) is 0 Å². The number of nitriles is 1. The van der Waals surface area contributed by atoms with Crippen molar-refractivity contribution in [2.45, 2.75) is 13.3 Å². The van der Waals surface area contributed by atoms with Crippen molar-refractivity contribution >= 4 is 11.9 Å². The number of anilines is 1.